The van der Waals surface area contributed by atoms with E-state index in [1.807, 2.05) is 42.5 Å². The van der Waals surface area contributed by atoms with Gasteiger partial charge in [-0.1, -0.05) is 54.6 Å². The molecule has 1 aliphatic heterocycles. The van der Waals surface area contributed by atoms with E-state index in [1.54, 1.807) is 0 Å². The number of hydrogen-bond acceptors (Lipinski definition) is 5. The van der Waals surface area contributed by atoms with Crippen molar-refractivity contribution in [2.45, 2.75) is 82.4 Å². The van der Waals surface area contributed by atoms with Gasteiger partial charge in [0.15, 0.2) is 6.29 Å². The summed E-state index contributed by atoms with van der Waals surface area (Å²) < 4.78 is 12.1. The molecule has 1 heterocycles. The Kier molecular flexibility index (Phi) is 10.6. The molecule has 6 atom stereocenters. The van der Waals surface area contributed by atoms with E-state index < -0.39 is 18.2 Å². The molecule has 2 aliphatic rings. The first-order chi connectivity index (χ1) is 16.0. The molecule has 1 aliphatic carbocycles. The van der Waals surface area contributed by atoms with Gasteiger partial charge < -0.3 is 24.8 Å². The predicted octanol–water partition coefficient (Wildman–Crippen LogP) is 4.26. The average molecular weight is 459 g/mol. The molecular weight excluding hydrogens is 420 g/mol. The van der Waals surface area contributed by atoms with E-state index in [-0.39, 0.29) is 30.7 Å². The first kappa shape index (κ1) is 25.6. The number of aliphatic hydroxyl groups excluding tert-OH is 2. The molecule has 0 radical (unpaired) electrons. The van der Waals surface area contributed by atoms with Crippen LogP contribution in [-0.2, 0) is 20.7 Å². The number of ether oxygens (including phenoxy) is 2. The van der Waals surface area contributed by atoms with Crippen molar-refractivity contribution in [3.8, 4) is 0 Å². The Morgan fingerprint density at radius 1 is 1.15 bits per heavy atom. The first-order valence-corrected chi connectivity index (χ1v) is 12.2. The molecule has 1 saturated heterocycles. The van der Waals surface area contributed by atoms with Crippen LogP contribution in [-0.4, -0.2) is 52.5 Å². The van der Waals surface area contributed by atoms with Gasteiger partial charge in [-0.25, -0.2) is 0 Å². The topological polar surface area (TPSA) is 96.2 Å². The van der Waals surface area contributed by atoms with Gasteiger partial charge in [0.2, 0.25) is 0 Å². The Morgan fingerprint density at radius 3 is 2.70 bits per heavy atom. The van der Waals surface area contributed by atoms with Gasteiger partial charge in [0, 0.05) is 31.8 Å². The highest BCUT2D eigenvalue weighted by molar-refractivity contribution is 5.66. The SMILES string of the molecule is O=C(O)CCC/C=C\C[C@@H]1[C@@H](/C=C/[C@H](Cc2ccccc2)OC2CCCCO2)[C@H](O)C[C@@H]1O. The molecule has 0 aromatic heterocycles. The zero-order valence-electron chi connectivity index (χ0n) is 19.3. The smallest absolute Gasteiger partial charge is 0.303 e. The lowest BCUT2D eigenvalue weighted by molar-refractivity contribution is -0.178. The summed E-state index contributed by atoms with van der Waals surface area (Å²) in [6.45, 7) is 0.723. The molecule has 3 rings (SSSR count). The Bertz CT molecular complexity index is 755. The van der Waals surface area contributed by atoms with Gasteiger partial charge in [-0.15, -0.1) is 0 Å². The van der Waals surface area contributed by atoms with Crippen molar-refractivity contribution >= 4 is 5.97 Å². The highest BCUT2D eigenvalue weighted by Crippen LogP contribution is 2.36. The molecule has 0 amide bonds. The van der Waals surface area contributed by atoms with E-state index in [1.165, 1.54) is 5.56 Å². The van der Waals surface area contributed by atoms with Crippen molar-refractivity contribution in [1.82, 2.24) is 0 Å². The van der Waals surface area contributed by atoms with Crippen molar-refractivity contribution in [1.29, 1.82) is 0 Å². The van der Waals surface area contributed by atoms with Gasteiger partial charge >= 0.3 is 5.97 Å². The van der Waals surface area contributed by atoms with Crippen LogP contribution in [0.2, 0.25) is 0 Å². The van der Waals surface area contributed by atoms with E-state index in [0.717, 1.165) is 32.3 Å². The molecule has 3 N–H and O–H groups in total. The lowest BCUT2D eigenvalue weighted by atomic mass is 9.89. The van der Waals surface area contributed by atoms with Crippen LogP contribution in [0.15, 0.2) is 54.6 Å². The van der Waals surface area contributed by atoms with Crippen LogP contribution < -0.4 is 0 Å². The largest absolute Gasteiger partial charge is 0.481 e. The molecule has 1 aromatic rings. The highest BCUT2D eigenvalue weighted by atomic mass is 16.7. The van der Waals surface area contributed by atoms with Gasteiger partial charge in [0.05, 0.1) is 18.3 Å². The summed E-state index contributed by atoms with van der Waals surface area (Å²) in [5, 5.41) is 29.8. The van der Waals surface area contributed by atoms with Crippen molar-refractivity contribution in [2.75, 3.05) is 6.61 Å². The minimum atomic E-state index is -0.783. The van der Waals surface area contributed by atoms with Crippen molar-refractivity contribution in [2.24, 2.45) is 11.8 Å². The first-order valence-electron chi connectivity index (χ1n) is 12.2. The third-order valence-electron chi connectivity index (χ3n) is 6.54. The number of allylic oxidation sites excluding steroid dienone is 2. The number of carboxylic acid groups (broad SMARTS) is 1. The summed E-state index contributed by atoms with van der Waals surface area (Å²) in [5.41, 5.74) is 1.18. The molecule has 6 heteroatoms. The highest BCUT2D eigenvalue weighted by Gasteiger charge is 2.39. The van der Waals surface area contributed by atoms with Crippen molar-refractivity contribution in [3.05, 3.63) is 60.2 Å². The zero-order valence-corrected chi connectivity index (χ0v) is 19.3. The molecule has 1 saturated carbocycles. The Labute approximate surface area is 196 Å². The fourth-order valence-electron chi connectivity index (χ4n) is 4.72. The molecule has 0 bridgehead atoms. The van der Waals surface area contributed by atoms with Crippen LogP contribution in [0.5, 0.6) is 0 Å². The monoisotopic (exact) mass is 458 g/mol. The van der Waals surface area contributed by atoms with Gasteiger partial charge in [-0.05, 0) is 50.0 Å². The molecule has 1 aromatic carbocycles. The van der Waals surface area contributed by atoms with Gasteiger partial charge in [0.1, 0.15) is 0 Å². The standard InChI is InChI=1S/C27H38O6/c28-24-19-25(29)23(22(24)12-6-1-2-7-13-26(30)31)16-15-21(18-20-10-4-3-5-11-20)33-27-14-8-9-17-32-27/h1,3-6,10-11,15-16,21-25,27-29H,2,7-9,12-14,17-19H2,(H,30,31)/b6-1-,16-15+/t21-,22-,23-,24+,25-,27?/m1/s1. The van der Waals surface area contributed by atoms with Gasteiger partial charge in [-0.3, -0.25) is 4.79 Å². The van der Waals surface area contributed by atoms with E-state index >= 15 is 0 Å². The second-order valence-electron chi connectivity index (χ2n) is 9.15. The van der Waals surface area contributed by atoms with Crippen LogP contribution in [0.25, 0.3) is 0 Å². The van der Waals surface area contributed by atoms with E-state index in [2.05, 4.69) is 12.1 Å². The van der Waals surface area contributed by atoms with Gasteiger partial charge in [0.25, 0.3) is 0 Å². The third-order valence-corrected chi connectivity index (χ3v) is 6.54. The molecule has 2 fully saturated rings. The Hall–Kier alpha value is -1.99. The fourth-order valence-corrected chi connectivity index (χ4v) is 4.72. The van der Waals surface area contributed by atoms with Crippen LogP contribution in [0.4, 0.5) is 0 Å². The zero-order chi connectivity index (χ0) is 23.5. The number of rotatable bonds is 12. The molecule has 182 valence electrons. The van der Waals surface area contributed by atoms with Crippen LogP contribution in [0.3, 0.4) is 0 Å². The second-order valence-corrected chi connectivity index (χ2v) is 9.15. The molecule has 0 spiro atoms. The quantitative estimate of drug-likeness (QED) is 0.320. The van der Waals surface area contributed by atoms with Gasteiger partial charge in [-0.2, -0.15) is 0 Å². The molecule has 1 unspecified atom stereocenters. The van der Waals surface area contributed by atoms with E-state index in [4.69, 9.17) is 14.6 Å². The fraction of sp³-hybridized carbons (Fsp3) is 0.593. The average Bonchev–Trinajstić information content (AvgIpc) is 3.07. The maximum absolute atomic E-state index is 10.6. The van der Waals surface area contributed by atoms with Crippen LogP contribution >= 0.6 is 0 Å². The number of aliphatic carboxylic acids is 1. The predicted molar refractivity (Wildman–Crippen MR) is 127 cm³/mol. The third kappa shape index (κ3) is 8.70. The minimum Gasteiger partial charge on any atom is -0.481 e. The molecule has 33 heavy (non-hydrogen) atoms. The summed E-state index contributed by atoms with van der Waals surface area (Å²) in [5.74, 6) is -1.01. The maximum atomic E-state index is 10.6. The van der Waals surface area contributed by atoms with E-state index in [0.29, 0.717) is 25.7 Å². The molecular formula is C27H38O6. The number of benzene rings is 1. The minimum absolute atomic E-state index is 0.0738. The summed E-state index contributed by atoms with van der Waals surface area (Å²) >= 11 is 0. The Morgan fingerprint density at radius 2 is 1.97 bits per heavy atom. The number of aliphatic hydroxyl groups is 2. The number of hydrogen-bond donors (Lipinski definition) is 3. The maximum Gasteiger partial charge on any atom is 0.303 e. The summed E-state index contributed by atoms with van der Waals surface area (Å²) in [7, 11) is 0. The van der Waals surface area contributed by atoms with Crippen LogP contribution in [0, 0.1) is 11.8 Å². The number of carbonyl (C=O) groups is 1. The lowest BCUT2D eigenvalue weighted by Crippen LogP contribution is -2.28. The molecule has 6 nitrogen and oxygen atoms in total. The summed E-state index contributed by atoms with van der Waals surface area (Å²) in [4.78, 5) is 10.6. The number of unbranched alkanes of at least 4 members (excludes halogenated alkanes) is 1. The lowest BCUT2D eigenvalue weighted by Gasteiger charge is -2.27. The summed E-state index contributed by atoms with van der Waals surface area (Å²) in [6, 6.07) is 10.2. The van der Waals surface area contributed by atoms with E-state index in [9.17, 15) is 15.0 Å². The second kappa shape index (κ2) is 13.7. The van der Waals surface area contributed by atoms with Crippen molar-refractivity contribution in [3.63, 3.8) is 0 Å². The Balaban J connectivity index is 1.62. The van der Waals surface area contributed by atoms with Crippen LogP contribution in [0.1, 0.15) is 56.9 Å². The number of carboxylic acids is 1. The van der Waals surface area contributed by atoms with Crippen molar-refractivity contribution < 1.29 is 29.6 Å². The normalized spacial score (nSPS) is 29.1. The summed E-state index contributed by atoms with van der Waals surface area (Å²) in [6.07, 6.45) is 12.7.